The summed E-state index contributed by atoms with van der Waals surface area (Å²) in [5.74, 6) is 2.18. The minimum atomic E-state index is 0.406. The molecule has 1 fully saturated rings. The monoisotopic (exact) mass is 495 g/mol. The molecule has 0 aliphatic carbocycles. The largest absolute Gasteiger partial charge is 0.418 e. The molecule has 0 atom stereocenters. The summed E-state index contributed by atoms with van der Waals surface area (Å²) in [7, 11) is 0. The molecule has 0 bridgehead atoms. The van der Waals surface area contributed by atoms with Crippen molar-refractivity contribution in [2.24, 2.45) is 0 Å². The Morgan fingerprint density at radius 3 is 1.69 bits per heavy atom. The van der Waals surface area contributed by atoms with Gasteiger partial charge in [0.15, 0.2) is 0 Å². The summed E-state index contributed by atoms with van der Waals surface area (Å²) in [6, 6.07) is 27.1. The van der Waals surface area contributed by atoms with Crippen LogP contribution in [0.1, 0.15) is 12.8 Å². The molecule has 4 aromatic heterocycles. The lowest BCUT2D eigenvalue weighted by molar-refractivity contribution is 0.607. The van der Waals surface area contributed by atoms with Crippen LogP contribution in [0.4, 0.5) is 5.82 Å². The lowest BCUT2D eigenvalue weighted by Crippen LogP contribution is -2.18. The topological polar surface area (TPSA) is 81.1 Å². The molecular weight excluding hydrogens is 474 g/mol. The molecule has 6 aromatic rings. The maximum absolute atomic E-state index is 5.81. The third-order valence-electron chi connectivity index (χ3n) is 5.93. The molecule has 0 unspecified atom stereocenters. The van der Waals surface area contributed by atoms with Crippen molar-refractivity contribution < 1.29 is 8.83 Å². The van der Waals surface area contributed by atoms with Crippen LogP contribution in [0.15, 0.2) is 93.8 Å². The Labute approximate surface area is 212 Å². The highest BCUT2D eigenvalue weighted by Crippen LogP contribution is 2.26. The van der Waals surface area contributed by atoms with Gasteiger partial charge >= 0.3 is 0 Å². The lowest BCUT2D eigenvalue weighted by atomic mass is 10.2. The quantitative estimate of drug-likeness (QED) is 0.244. The Balaban J connectivity index is 0.000000137. The number of oxazole rings is 2. The summed E-state index contributed by atoms with van der Waals surface area (Å²) in [5.41, 5.74) is 4.51. The first kappa shape index (κ1) is 22.2. The van der Waals surface area contributed by atoms with Gasteiger partial charge in [-0.05, 0) is 61.4 Å². The van der Waals surface area contributed by atoms with Crippen LogP contribution in [-0.2, 0) is 0 Å². The van der Waals surface area contributed by atoms with E-state index in [-0.39, 0.29) is 0 Å². The van der Waals surface area contributed by atoms with Crippen molar-refractivity contribution in [2.45, 2.75) is 12.8 Å². The van der Waals surface area contributed by atoms with E-state index in [4.69, 9.17) is 20.4 Å². The van der Waals surface area contributed by atoms with Gasteiger partial charge in [-0.25, -0.2) is 9.97 Å². The molecule has 0 spiro atoms. The van der Waals surface area contributed by atoms with E-state index in [9.17, 15) is 0 Å². The molecule has 2 aromatic carbocycles. The highest BCUT2D eigenvalue weighted by molar-refractivity contribution is 6.29. The maximum Gasteiger partial charge on any atom is 0.249 e. The lowest BCUT2D eigenvalue weighted by Gasteiger charge is -2.15. The minimum Gasteiger partial charge on any atom is -0.418 e. The van der Waals surface area contributed by atoms with Gasteiger partial charge in [0.25, 0.3) is 0 Å². The first-order valence-electron chi connectivity index (χ1n) is 11.8. The first-order chi connectivity index (χ1) is 17.7. The molecule has 0 N–H and O–H groups in total. The van der Waals surface area contributed by atoms with Gasteiger partial charge in [0.05, 0.1) is 0 Å². The summed E-state index contributed by atoms with van der Waals surface area (Å²) >= 11 is 5.78. The fourth-order valence-electron chi connectivity index (χ4n) is 4.13. The highest BCUT2D eigenvalue weighted by Gasteiger charge is 2.16. The molecule has 36 heavy (non-hydrogen) atoms. The smallest absolute Gasteiger partial charge is 0.249 e. The fourth-order valence-corrected chi connectivity index (χ4v) is 4.27. The number of halogens is 1. The second-order valence-electron chi connectivity index (χ2n) is 8.42. The van der Waals surface area contributed by atoms with E-state index >= 15 is 0 Å². The predicted octanol–water partition coefficient (Wildman–Crippen LogP) is 7.03. The van der Waals surface area contributed by atoms with Crippen LogP contribution in [0.2, 0.25) is 5.15 Å². The number of hydrogen-bond acceptors (Lipinski definition) is 7. The Bertz CT molecular complexity index is 1610. The van der Waals surface area contributed by atoms with Crippen LogP contribution < -0.4 is 4.90 Å². The number of benzene rings is 2. The van der Waals surface area contributed by atoms with Crippen molar-refractivity contribution in [2.75, 3.05) is 18.0 Å². The number of rotatable bonds is 3. The Morgan fingerprint density at radius 1 is 0.583 bits per heavy atom. The van der Waals surface area contributed by atoms with Gasteiger partial charge in [0, 0.05) is 24.2 Å². The maximum atomic E-state index is 5.81. The molecule has 1 aliphatic rings. The van der Waals surface area contributed by atoms with Crippen LogP contribution in [0, 0.1) is 0 Å². The third-order valence-corrected chi connectivity index (χ3v) is 6.14. The van der Waals surface area contributed by atoms with Crippen LogP contribution in [-0.4, -0.2) is 33.0 Å². The zero-order valence-corrected chi connectivity index (χ0v) is 20.1. The second-order valence-corrected chi connectivity index (χ2v) is 8.80. The Morgan fingerprint density at radius 2 is 1.11 bits per heavy atom. The van der Waals surface area contributed by atoms with E-state index in [1.165, 1.54) is 12.8 Å². The normalized spacial score (nSPS) is 13.2. The number of hydrogen-bond donors (Lipinski definition) is 0. The van der Waals surface area contributed by atoms with Crippen molar-refractivity contribution in [1.82, 2.24) is 19.9 Å². The summed E-state index contributed by atoms with van der Waals surface area (Å²) < 4.78 is 11.3. The summed E-state index contributed by atoms with van der Waals surface area (Å²) in [5, 5.41) is 0.406. The van der Waals surface area contributed by atoms with Crippen molar-refractivity contribution in [3.05, 3.63) is 90.1 Å². The summed E-state index contributed by atoms with van der Waals surface area (Å²) in [6.45, 7) is 2.16. The summed E-state index contributed by atoms with van der Waals surface area (Å²) in [4.78, 5) is 19.8. The Hall–Kier alpha value is -4.23. The van der Waals surface area contributed by atoms with Crippen molar-refractivity contribution in [1.29, 1.82) is 0 Å². The van der Waals surface area contributed by atoms with Crippen LogP contribution in [0.5, 0.6) is 0 Å². The van der Waals surface area contributed by atoms with E-state index in [0.29, 0.717) is 33.9 Å². The van der Waals surface area contributed by atoms with Gasteiger partial charge in [-0.2, -0.15) is 9.97 Å². The average Bonchev–Trinajstić information content (AvgIpc) is 3.69. The number of anilines is 1. The van der Waals surface area contributed by atoms with Gasteiger partial charge in [-0.1, -0.05) is 48.0 Å². The fraction of sp³-hybridized carbons (Fsp3) is 0.143. The number of aromatic nitrogens is 4. The third kappa shape index (κ3) is 4.65. The highest BCUT2D eigenvalue weighted by atomic mass is 35.5. The standard InChI is InChI=1S/C16H15N3O.C12H7ClN2O/c1-2-6-12(7-3-1)15-17-13-8-9-14(18-16(13)20-15)19-10-4-5-11-19;13-10-7-6-9-12(15-10)16-11(14-9)8-4-2-1-3-5-8/h1-3,6-9H,4-5,10-11H2;1-7H. The molecule has 7 rings (SSSR count). The molecule has 0 saturated carbocycles. The molecule has 178 valence electrons. The van der Waals surface area contributed by atoms with Crippen LogP contribution in [0.3, 0.4) is 0 Å². The zero-order valence-electron chi connectivity index (χ0n) is 19.3. The molecule has 0 radical (unpaired) electrons. The molecule has 8 heteroatoms. The van der Waals surface area contributed by atoms with E-state index in [0.717, 1.165) is 35.6 Å². The average molecular weight is 496 g/mol. The number of fused-ring (bicyclic) bond motifs is 2. The SMILES string of the molecule is Clc1ccc2nc(-c3ccccc3)oc2n1.c1ccc(-c2nc3ccc(N4CCCC4)nc3o2)cc1. The first-order valence-corrected chi connectivity index (χ1v) is 12.2. The Kier molecular flexibility index (Phi) is 6.05. The van der Waals surface area contributed by atoms with Crippen molar-refractivity contribution in [3.63, 3.8) is 0 Å². The van der Waals surface area contributed by atoms with Gasteiger partial charge in [0.1, 0.15) is 22.0 Å². The van der Waals surface area contributed by atoms with Gasteiger partial charge in [-0.15, -0.1) is 0 Å². The van der Waals surface area contributed by atoms with Crippen LogP contribution >= 0.6 is 11.6 Å². The van der Waals surface area contributed by atoms with Crippen molar-refractivity contribution >= 4 is 39.9 Å². The minimum absolute atomic E-state index is 0.406. The molecule has 7 nitrogen and oxygen atoms in total. The van der Waals surface area contributed by atoms with E-state index in [1.54, 1.807) is 12.1 Å². The molecular formula is C28H22ClN5O2. The van der Waals surface area contributed by atoms with Crippen molar-refractivity contribution in [3.8, 4) is 22.9 Å². The zero-order chi connectivity index (χ0) is 24.3. The predicted molar refractivity (Wildman–Crippen MR) is 141 cm³/mol. The summed E-state index contributed by atoms with van der Waals surface area (Å²) in [6.07, 6.45) is 2.48. The molecule has 1 saturated heterocycles. The number of pyridine rings is 2. The second kappa shape index (κ2) is 9.79. The van der Waals surface area contributed by atoms with Gasteiger partial charge in [-0.3, -0.25) is 0 Å². The number of nitrogens with zero attached hydrogens (tertiary/aromatic N) is 5. The molecule has 5 heterocycles. The van der Waals surface area contributed by atoms with E-state index in [1.807, 2.05) is 72.8 Å². The van der Waals surface area contributed by atoms with Gasteiger partial charge < -0.3 is 13.7 Å². The van der Waals surface area contributed by atoms with E-state index in [2.05, 4.69) is 24.8 Å². The van der Waals surface area contributed by atoms with Gasteiger partial charge in [0.2, 0.25) is 23.2 Å². The molecule has 0 amide bonds. The van der Waals surface area contributed by atoms with Crippen LogP contribution in [0.25, 0.3) is 45.4 Å². The van der Waals surface area contributed by atoms with E-state index < -0.39 is 0 Å². The molecule has 1 aliphatic heterocycles.